The number of hydrogen-bond donors (Lipinski definition) is 0. The maximum atomic E-state index is 12.2. The maximum absolute atomic E-state index is 12.2. The van der Waals surface area contributed by atoms with Crippen molar-refractivity contribution >= 4 is 12.0 Å². The molecule has 0 aliphatic carbocycles. The van der Waals surface area contributed by atoms with Crippen LogP contribution in [0.3, 0.4) is 0 Å². The van der Waals surface area contributed by atoms with Gasteiger partial charge in [-0.25, -0.2) is 0 Å². The number of nitrogens with zero attached hydrogens (tertiary/aromatic N) is 1. The third kappa shape index (κ3) is 4.01. The van der Waals surface area contributed by atoms with Gasteiger partial charge in [0, 0.05) is 31.8 Å². The van der Waals surface area contributed by atoms with Crippen molar-refractivity contribution in [2.45, 2.75) is 18.9 Å². The predicted molar refractivity (Wildman–Crippen MR) is 85.2 cm³/mol. The second-order valence-electron chi connectivity index (χ2n) is 5.20. The maximum Gasteiger partial charge on any atom is 0.246 e. The van der Waals surface area contributed by atoms with Crippen molar-refractivity contribution in [3.8, 4) is 11.5 Å². The fourth-order valence-corrected chi connectivity index (χ4v) is 2.55. The minimum Gasteiger partial charge on any atom is -0.497 e. The molecular formula is C17H23NO4. The Morgan fingerprint density at radius 1 is 1.18 bits per heavy atom. The van der Waals surface area contributed by atoms with Gasteiger partial charge in [0.15, 0.2) is 0 Å². The normalized spacial score (nSPS) is 16.0. The van der Waals surface area contributed by atoms with E-state index < -0.39 is 0 Å². The van der Waals surface area contributed by atoms with Crippen molar-refractivity contribution in [3.63, 3.8) is 0 Å². The summed E-state index contributed by atoms with van der Waals surface area (Å²) >= 11 is 0. The number of hydrogen-bond acceptors (Lipinski definition) is 4. The molecule has 0 unspecified atom stereocenters. The zero-order valence-corrected chi connectivity index (χ0v) is 13.4. The average Bonchev–Trinajstić information content (AvgIpc) is 2.59. The molecule has 1 aromatic carbocycles. The first-order valence-corrected chi connectivity index (χ1v) is 7.39. The lowest BCUT2D eigenvalue weighted by Gasteiger charge is -2.30. The summed E-state index contributed by atoms with van der Waals surface area (Å²) in [5.41, 5.74) is 0.821. The van der Waals surface area contributed by atoms with Gasteiger partial charge in [-0.05, 0) is 37.1 Å². The summed E-state index contributed by atoms with van der Waals surface area (Å²) < 4.78 is 15.8. The van der Waals surface area contributed by atoms with E-state index in [4.69, 9.17) is 14.2 Å². The minimum absolute atomic E-state index is 0.0134. The Morgan fingerprint density at radius 2 is 1.91 bits per heavy atom. The lowest BCUT2D eigenvalue weighted by Crippen LogP contribution is -2.39. The summed E-state index contributed by atoms with van der Waals surface area (Å²) in [7, 11) is 4.94. The number of ether oxygens (including phenoxy) is 3. The molecule has 0 spiro atoms. The summed E-state index contributed by atoms with van der Waals surface area (Å²) in [6.45, 7) is 1.47. The van der Waals surface area contributed by atoms with E-state index in [1.165, 1.54) is 0 Å². The number of piperidine rings is 1. The van der Waals surface area contributed by atoms with Gasteiger partial charge in [0.25, 0.3) is 0 Å². The number of methoxy groups -OCH3 is 3. The highest BCUT2D eigenvalue weighted by Gasteiger charge is 2.20. The minimum atomic E-state index is 0.0134. The number of carbonyl (C=O) groups excluding carboxylic acids is 1. The molecule has 1 saturated heterocycles. The molecule has 1 fully saturated rings. The highest BCUT2D eigenvalue weighted by molar-refractivity contribution is 5.92. The van der Waals surface area contributed by atoms with Crippen molar-refractivity contribution in [3.05, 3.63) is 29.8 Å². The molecule has 0 atom stereocenters. The topological polar surface area (TPSA) is 48.0 Å². The lowest BCUT2D eigenvalue weighted by molar-refractivity contribution is -0.128. The van der Waals surface area contributed by atoms with E-state index in [9.17, 15) is 4.79 Å². The molecule has 0 saturated carbocycles. The van der Waals surface area contributed by atoms with Crippen molar-refractivity contribution in [1.29, 1.82) is 0 Å². The average molecular weight is 305 g/mol. The molecule has 0 aromatic heterocycles. The van der Waals surface area contributed by atoms with Crippen LogP contribution in [0.1, 0.15) is 18.4 Å². The molecule has 0 bridgehead atoms. The van der Waals surface area contributed by atoms with E-state index in [0.717, 1.165) is 37.2 Å². The highest BCUT2D eigenvalue weighted by Crippen LogP contribution is 2.25. The highest BCUT2D eigenvalue weighted by atomic mass is 16.5. The van der Waals surface area contributed by atoms with Gasteiger partial charge in [-0.3, -0.25) is 4.79 Å². The van der Waals surface area contributed by atoms with Gasteiger partial charge in [0.1, 0.15) is 11.5 Å². The first kappa shape index (κ1) is 16.4. The predicted octanol–water partition coefficient (Wildman–Crippen LogP) is 2.35. The van der Waals surface area contributed by atoms with Gasteiger partial charge in [0.2, 0.25) is 5.91 Å². The van der Waals surface area contributed by atoms with Crippen molar-refractivity contribution < 1.29 is 19.0 Å². The molecule has 1 aliphatic heterocycles. The van der Waals surface area contributed by atoms with Gasteiger partial charge in [-0.2, -0.15) is 0 Å². The molecule has 1 amide bonds. The molecule has 1 aromatic rings. The molecule has 5 heteroatoms. The van der Waals surface area contributed by atoms with Gasteiger partial charge in [0.05, 0.1) is 20.3 Å². The fraction of sp³-hybridized carbons (Fsp3) is 0.471. The summed E-state index contributed by atoms with van der Waals surface area (Å²) in [4.78, 5) is 14.1. The third-order valence-corrected chi connectivity index (χ3v) is 3.93. The van der Waals surface area contributed by atoms with E-state index in [1.807, 2.05) is 23.1 Å². The molecular weight excluding hydrogens is 282 g/mol. The van der Waals surface area contributed by atoms with Gasteiger partial charge >= 0.3 is 0 Å². The molecule has 22 heavy (non-hydrogen) atoms. The van der Waals surface area contributed by atoms with E-state index >= 15 is 0 Å². The summed E-state index contributed by atoms with van der Waals surface area (Å²) in [6, 6.07) is 5.50. The number of amides is 1. The second kappa shape index (κ2) is 7.84. The van der Waals surface area contributed by atoms with E-state index in [1.54, 1.807) is 33.5 Å². The zero-order valence-electron chi connectivity index (χ0n) is 13.4. The standard InChI is InChI=1S/C17H23NO4/c1-20-14-8-10-18(11-9-14)17(19)7-4-13-12-15(21-2)5-6-16(13)22-3/h4-7,12,14H,8-11H2,1-3H3/b7-4+. The quantitative estimate of drug-likeness (QED) is 0.784. The molecule has 0 N–H and O–H groups in total. The van der Waals surface area contributed by atoms with Crippen LogP contribution in [0.25, 0.3) is 6.08 Å². The summed E-state index contributed by atoms with van der Waals surface area (Å²) in [5, 5.41) is 0. The Kier molecular flexibility index (Phi) is 5.83. The van der Waals surface area contributed by atoms with E-state index in [-0.39, 0.29) is 12.0 Å². The molecule has 0 radical (unpaired) electrons. The van der Waals surface area contributed by atoms with Crippen LogP contribution in [0.4, 0.5) is 0 Å². The molecule has 5 nitrogen and oxygen atoms in total. The fourth-order valence-electron chi connectivity index (χ4n) is 2.55. The third-order valence-electron chi connectivity index (χ3n) is 3.93. The van der Waals surface area contributed by atoms with Crippen molar-refractivity contribution in [1.82, 2.24) is 4.90 Å². The van der Waals surface area contributed by atoms with E-state index in [2.05, 4.69) is 0 Å². The van der Waals surface area contributed by atoms with Gasteiger partial charge in [-0.15, -0.1) is 0 Å². The van der Waals surface area contributed by atoms with Crippen molar-refractivity contribution in [2.75, 3.05) is 34.4 Å². The van der Waals surface area contributed by atoms with Crippen LogP contribution in [0.5, 0.6) is 11.5 Å². The number of rotatable bonds is 5. The van der Waals surface area contributed by atoms with Crippen LogP contribution in [-0.4, -0.2) is 51.3 Å². The first-order chi connectivity index (χ1) is 10.7. The Hall–Kier alpha value is -2.01. The molecule has 120 valence electrons. The molecule has 1 aliphatic rings. The number of benzene rings is 1. The zero-order chi connectivity index (χ0) is 15.9. The number of likely N-dealkylation sites (tertiary alicyclic amines) is 1. The smallest absolute Gasteiger partial charge is 0.246 e. The number of carbonyl (C=O) groups is 1. The van der Waals surface area contributed by atoms with Crippen LogP contribution >= 0.6 is 0 Å². The Balaban J connectivity index is 2.03. The van der Waals surface area contributed by atoms with E-state index in [0.29, 0.717) is 5.75 Å². The van der Waals surface area contributed by atoms with Gasteiger partial charge in [-0.1, -0.05) is 0 Å². The Labute approximate surface area is 131 Å². The molecule has 2 rings (SSSR count). The molecule has 1 heterocycles. The monoisotopic (exact) mass is 305 g/mol. The largest absolute Gasteiger partial charge is 0.497 e. The van der Waals surface area contributed by atoms with Gasteiger partial charge < -0.3 is 19.1 Å². The Morgan fingerprint density at radius 3 is 2.50 bits per heavy atom. The Bertz CT molecular complexity index is 533. The second-order valence-corrected chi connectivity index (χ2v) is 5.20. The van der Waals surface area contributed by atoms with Crippen LogP contribution in [0.2, 0.25) is 0 Å². The van der Waals surface area contributed by atoms with Crippen LogP contribution < -0.4 is 9.47 Å². The summed E-state index contributed by atoms with van der Waals surface area (Å²) in [6.07, 6.45) is 5.40. The summed E-state index contributed by atoms with van der Waals surface area (Å²) in [5.74, 6) is 1.45. The SMILES string of the molecule is COc1ccc(OC)c(/C=C/C(=O)N2CCC(OC)CC2)c1. The van der Waals surface area contributed by atoms with Crippen molar-refractivity contribution in [2.24, 2.45) is 0 Å². The lowest BCUT2D eigenvalue weighted by atomic mass is 10.1. The van der Waals surface area contributed by atoms with Crippen LogP contribution in [-0.2, 0) is 9.53 Å². The first-order valence-electron chi connectivity index (χ1n) is 7.39. The van der Waals surface area contributed by atoms with Crippen LogP contribution in [0.15, 0.2) is 24.3 Å². The van der Waals surface area contributed by atoms with Crippen LogP contribution in [0, 0.1) is 0 Å².